The predicted octanol–water partition coefficient (Wildman–Crippen LogP) is 2.87. The van der Waals surface area contributed by atoms with E-state index in [1.165, 1.54) is 46.8 Å². The molecule has 0 bridgehead atoms. The summed E-state index contributed by atoms with van der Waals surface area (Å²) in [4.78, 5) is 40.1. The van der Waals surface area contributed by atoms with Crippen molar-refractivity contribution >= 4 is 44.1 Å². The molecule has 182 valence electrons. The molecule has 1 fully saturated rings. The highest BCUT2D eigenvalue weighted by molar-refractivity contribution is 7.89. The summed E-state index contributed by atoms with van der Waals surface area (Å²) in [6.07, 6.45) is 2.19. The van der Waals surface area contributed by atoms with E-state index in [0.717, 1.165) is 23.3 Å². The first-order valence-corrected chi connectivity index (χ1v) is 13.5. The Kier molecular flexibility index (Phi) is 7.06. The number of carbonyl (C=O) groups is 3. The van der Waals surface area contributed by atoms with Crippen LogP contribution in [0.15, 0.2) is 29.2 Å². The lowest BCUT2D eigenvalue weighted by molar-refractivity contribution is -0.129. The highest BCUT2D eigenvalue weighted by atomic mass is 32.2. The first-order chi connectivity index (χ1) is 16.2. The second-order valence-corrected chi connectivity index (χ2v) is 11.3. The second-order valence-electron chi connectivity index (χ2n) is 8.21. The highest BCUT2D eigenvalue weighted by Crippen LogP contribution is 2.38. The smallest absolute Gasteiger partial charge is 0.341 e. The number of benzene rings is 1. The molecule has 1 aromatic heterocycles. The molecule has 0 atom stereocenters. The van der Waals surface area contributed by atoms with E-state index in [-0.39, 0.29) is 23.0 Å². The van der Waals surface area contributed by atoms with Gasteiger partial charge in [-0.2, -0.15) is 4.31 Å². The van der Waals surface area contributed by atoms with Gasteiger partial charge in [0.05, 0.1) is 23.6 Å². The number of nitrogens with one attached hydrogen (secondary N) is 1. The molecular weight excluding hydrogens is 478 g/mol. The van der Waals surface area contributed by atoms with Crippen LogP contribution in [0.4, 0.5) is 5.00 Å². The Hall–Kier alpha value is -2.76. The number of fused-ring (bicyclic) bond motifs is 1. The molecule has 11 heteroatoms. The molecule has 2 aliphatic rings. The van der Waals surface area contributed by atoms with Crippen LogP contribution < -0.4 is 5.32 Å². The second kappa shape index (κ2) is 9.85. The molecule has 0 saturated carbocycles. The van der Waals surface area contributed by atoms with Crippen LogP contribution in [0.2, 0.25) is 0 Å². The van der Waals surface area contributed by atoms with Gasteiger partial charge in [-0.3, -0.25) is 9.59 Å². The molecule has 1 N–H and O–H groups in total. The number of amides is 2. The fourth-order valence-electron chi connectivity index (χ4n) is 4.21. The molecule has 1 aromatic carbocycles. The number of carbonyl (C=O) groups excluding carboxylic acids is 3. The lowest BCUT2D eigenvalue weighted by Gasteiger charge is -2.25. The third kappa shape index (κ3) is 4.73. The SMILES string of the molecule is CCOC(=O)c1c(NC(=O)c2ccc(S(=O)(=O)N3CCCC3)cc2)sc2c1CCN(C(C)=O)C2. The Labute approximate surface area is 202 Å². The van der Waals surface area contributed by atoms with E-state index in [9.17, 15) is 22.8 Å². The average molecular weight is 506 g/mol. The Morgan fingerprint density at radius 3 is 2.38 bits per heavy atom. The number of thiophene rings is 1. The number of sulfonamides is 1. The van der Waals surface area contributed by atoms with Gasteiger partial charge in [-0.15, -0.1) is 11.3 Å². The van der Waals surface area contributed by atoms with Crippen molar-refractivity contribution in [2.75, 3.05) is 31.6 Å². The van der Waals surface area contributed by atoms with Crippen molar-refractivity contribution in [1.82, 2.24) is 9.21 Å². The summed E-state index contributed by atoms with van der Waals surface area (Å²) in [5.74, 6) is -1.03. The minimum atomic E-state index is -3.57. The third-order valence-electron chi connectivity index (χ3n) is 6.03. The van der Waals surface area contributed by atoms with Crippen LogP contribution >= 0.6 is 11.3 Å². The van der Waals surface area contributed by atoms with E-state index in [4.69, 9.17) is 4.74 Å². The van der Waals surface area contributed by atoms with E-state index in [0.29, 0.717) is 43.2 Å². The van der Waals surface area contributed by atoms with Gasteiger partial charge in [0.15, 0.2) is 0 Å². The summed E-state index contributed by atoms with van der Waals surface area (Å²) < 4.78 is 32.1. The van der Waals surface area contributed by atoms with E-state index >= 15 is 0 Å². The first kappa shape index (κ1) is 24.4. The summed E-state index contributed by atoms with van der Waals surface area (Å²) in [6, 6.07) is 5.79. The zero-order chi connectivity index (χ0) is 24.5. The fraction of sp³-hybridized carbons (Fsp3) is 0.435. The Morgan fingerprint density at radius 2 is 1.76 bits per heavy atom. The maximum absolute atomic E-state index is 13.0. The summed E-state index contributed by atoms with van der Waals surface area (Å²) in [6.45, 7) is 5.29. The van der Waals surface area contributed by atoms with Gasteiger partial charge in [0, 0.05) is 37.0 Å². The van der Waals surface area contributed by atoms with E-state index < -0.39 is 21.9 Å². The molecule has 0 unspecified atom stereocenters. The zero-order valence-corrected chi connectivity index (χ0v) is 20.8. The lowest BCUT2D eigenvalue weighted by atomic mass is 10.0. The average Bonchev–Trinajstić information content (AvgIpc) is 3.47. The number of esters is 1. The summed E-state index contributed by atoms with van der Waals surface area (Å²) in [5, 5.41) is 3.16. The van der Waals surface area contributed by atoms with Gasteiger partial charge in [-0.05, 0) is 56.0 Å². The Bertz CT molecular complexity index is 1210. The topological polar surface area (TPSA) is 113 Å². The number of hydrogen-bond acceptors (Lipinski definition) is 7. The minimum Gasteiger partial charge on any atom is -0.462 e. The van der Waals surface area contributed by atoms with Gasteiger partial charge in [0.25, 0.3) is 5.91 Å². The summed E-state index contributed by atoms with van der Waals surface area (Å²) in [5.41, 5.74) is 1.39. The molecule has 2 amide bonds. The number of ether oxygens (including phenoxy) is 1. The molecule has 3 heterocycles. The van der Waals surface area contributed by atoms with Crippen molar-refractivity contribution in [1.29, 1.82) is 0 Å². The lowest BCUT2D eigenvalue weighted by Crippen LogP contribution is -2.34. The van der Waals surface area contributed by atoms with Crippen molar-refractivity contribution in [3.05, 3.63) is 45.8 Å². The van der Waals surface area contributed by atoms with Crippen molar-refractivity contribution < 1.29 is 27.5 Å². The highest BCUT2D eigenvalue weighted by Gasteiger charge is 2.31. The first-order valence-electron chi connectivity index (χ1n) is 11.2. The molecule has 0 radical (unpaired) electrons. The van der Waals surface area contributed by atoms with Crippen molar-refractivity contribution in [3.63, 3.8) is 0 Å². The molecule has 4 rings (SSSR count). The van der Waals surface area contributed by atoms with Crippen LogP contribution in [0.25, 0.3) is 0 Å². The van der Waals surface area contributed by atoms with Gasteiger partial charge >= 0.3 is 5.97 Å². The summed E-state index contributed by atoms with van der Waals surface area (Å²) >= 11 is 1.26. The van der Waals surface area contributed by atoms with E-state index in [1.54, 1.807) is 11.8 Å². The van der Waals surface area contributed by atoms with Crippen molar-refractivity contribution in [2.24, 2.45) is 0 Å². The van der Waals surface area contributed by atoms with E-state index in [1.807, 2.05) is 0 Å². The molecule has 2 aliphatic heterocycles. The fourth-order valence-corrected chi connectivity index (χ4v) is 6.97. The maximum Gasteiger partial charge on any atom is 0.341 e. The number of hydrogen-bond donors (Lipinski definition) is 1. The molecule has 9 nitrogen and oxygen atoms in total. The predicted molar refractivity (Wildman–Crippen MR) is 127 cm³/mol. The van der Waals surface area contributed by atoms with Gasteiger partial charge in [0.1, 0.15) is 5.00 Å². The molecular formula is C23H27N3O6S2. The van der Waals surface area contributed by atoms with Crippen LogP contribution in [0, 0.1) is 0 Å². The number of anilines is 1. The quantitative estimate of drug-likeness (QED) is 0.604. The molecule has 1 saturated heterocycles. The van der Waals surface area contributed by atoms with Crippen LogP contribution in [0.1, 0.15) is 57.8 Å². The van der Waals surface area contributed by atoms with Gasteiger partial charge in [0.2, 0.25) is 15.9 Å². The minimum absolute atomic E-state index is 0.0497. The van der Waals surface area contributed by atoms with Gasteiger partial charge in [-0.1, -0.05) is 0 Å². The normalized spacial score (nSPS) is 16.2. The van der Waals surface area contributed by atoms with Gasteiger partial charge < -0.3 is 15.0 Å². The van der Waals surface area contributed by atoms with Gasteiger partial charge in [-0.25, -0.2) is 13.2 Å². The van der Waals surface area contributed by atoms with E-state index in [2.05, 4.69) is 5.32 Å². The maximum atomic E-state index is 13.0. The standard InChI is InChI=1S/C23H27N3O6S2/c1-3-32-23(29)20-18-10-13-25(15(2)27)14-19(18)33-22(20)24-21(28)16-6-8-17(9-7-16)34(30,31)26-11-4-5-12-26/h6-9H,3-5,10-14H2,1-2H3,(H,24,28). The van der Waals surface area contributed by atoms with Crippen LogP contribution in [-0.2, 0) is 32.5 Å². The van der Waals surface area contributed by atoms with Crippen molar-refractivity contribution in [2.45, 2.75) is 44.6 Å². The van der Waals surface area contributed by atoms with Crippen LogP contribution in [0.3, 0.4) is 0 Å². The molecule has 2 aromatic rings. The molecule has 34 heavy (non-hydrogen) atoms. The molecule has 0 aliphatic carbocycles. The molecule has 0 spiro atoms. The number of rotatable bonds is 6. The number of nitrogens with zero attached hydrogens (tertiary/aromatic N) is 2. The summed E-state index contributed by atoms with van der Waals surface area (Å²) in [7, 11) is -3.57. The largest absolute Gasteiger partial charge is 0.462 e. The zero-order valence-electron chi connectivity index (χ0n) is 19.1. The Balaban J connectivity index is 1.58. The monoisotopic (exact) mass is 505 g/mol. The van der Waals surface area contributed by atoms with Crippen LogP contribution in [-0.4, -0.2) is 61.6 Å². The van der Waals surface area contributed by atoms with Crippen molar-refractivity contribution in [3.8, 4) is 0 Å². The third-order valence-corrected chi connectivity index (χ3v) is 9.07. The van der Waals surface area contributed by atoms with Crippen LogP contribution in [0.5, 0.6) is 0 Å². The Morgan fingerprint density at radius 1 is 1.09 bits per heavy atom.